The number of halogens is 1. The molecule has 0 aromatic carbocycles. The lowest BCUT2D eigenvalue weighted by atomic mass is 10.3. The Morgan fingerprint density at radius 2 is 2.44 bits per heavy atom. The van der Waals surface area contributed by atoms with E-state index < -0.39 is 5.56 Å². The highest BCUT2D eigenvalue weighted by atomic mass is 35.5. The Bertz CT molecular complexity index is 612. The molecule has 2 aromatic rings. The Balaban J connectivity index is 2.35. The van der Waals surface area contributed by atoms with Crippen LogP contribution in [-0.4, -0.2) is 9.36 Å². The Morgan fingerprint density at radius 1 is 1.62 bits per heavy atom. The third-order valence-corrected chi connectivity index (χ3v) is 2.80. The van der Waals surface area contributed by atoms with Gasteiger partial charge in [-0.1, -0.05) is 11.6 Å². The highest BCUT2D eigenvalue weighted by Crippen LogP contribution is 2.22. The molecule has 0 saturated heterocycles. The van der Waals surface area contributed by atoms with Gasteiger partial charge >= 0.3 is 0 Å². The Hall–Kier alpha value is -1.84. The van der Waals surface area contributed by atoms with E-state index in [1.165, 1.54) is 6.20 Å². The van der Waals surface area contributed by atoms with Crippen LogP contribution >= 0.6 is 23.1 Å². The van der Waals surface area contributed by atoms with E-state index in [0.717, 1.165) is 11.5 Å². The van der Waals surface area contributed by atoms with Gasteiger partial charge in [-0.25, -0.2) is 4.98 Å². The molecule has 0 spiro atoms. The second-order valence-corrected chi connectivity index (χ2v) is 4.05. The monoisotopic (exact) mass is 252 g/mol. The van der Waals surface area contributed by atoms with Crippen molar-refractivity contribution in [2.45, 2.75) is 0 Å². The summed E-state index contributed by atoms with van der Waals surface area (Å²) in [5.41, 5.74) is 0.347. The summed E-state index contributed by atoms with van der Waals surface area (Å²) in [6.07, 6.45) is 1.53. The molecule has 0 fully saturated rings. The van der Waals surface area contributed by atoms with Gasteiger partial charge in [-0.15, -0.1) is 0 Å². The molecular weight excluding hydrogens is 248 g/mol. The van der Waals surface area contributed by atoms with Crippen LogP contribution in [0.3, 0.4) is 0 Å². The molecule has 0 saturated carbocycles. The summed E-state index contributed by atoms with van der Waals surface area (Å²) in [7, 11) is 0. The van der Waals surface area contributed by atoms with Gasteiger partial charge in [0.2, 0.25) is 0 Å². The number of pyridine rings is 1. The molecule has 0 aliphatic rings. The maximum atomic E-state index is 11.2. The van der Waals surface area contributed by atoms with E-state index in [1.807, 2.05) is 6.07 Å². The van der Waals surface area contributed by atoms with Crippen LogP contribution in [0.15, 0.2) is 23.1 Å². The average Bonchev–Trinajstić information content (AvgIpc) is 2.59. The second-order valence-electron chi connectivity index (χ2n) is 2.84. The van der Waals surface area contributed by atoms with E-state index >= 15 is 0 Å². The molecule has 0 atom stereocenters. The van der Waals surface area contributed by atoms with Gasteiger partial charge in [-0.2, -0.15) is 5.26 Å². The van der Waals surface area contributed by atoms with Crippen molar-refractivity contribution in [2.75, 3.05) is 5.32 Å². The minimum atomic E-state index is -0.393. The number of H-pyrrole nitrogens is 1. The van der Waals surface area contributed by atoms with Crippen LogP contribution in [0.25, 0.3) is 0 Å². The zero-order valence-electron chi connectivity index (χ0n) is 7.82. The number of aromatic amines is 1. The average molecular weight is 253 g/mol. The van der Waals surface area contributed by atoms with E-state index in [4.69, 9.17) is 16.9 Å². The molecule has 7 heteroatoms. The van der Waals surface area contributed by atoms with Crippen LogP contribution in [0.1, 0.15) is 5.56 Å². The van der Waals surface area contributed by atoms with E-state index in [2.05, 4.69) is 14.7 Å². The number of rotatable bonds is 2. The van der Waals surface area contributed by atoms with Crippen molar-refractivity contribution in [3.63, 3.8) is 0 Å². The van der Waals surface area contributed by atoms with Crippen LogP contribution in [0.5, 0.6) is 0 Å². The Labute approximate surface area is 99.5 Å². The molecule has 2 rings (SSSR count). The molecule has 2 heterocycles. The predicted molar refractivity (Wildman–Crippen MR) is 62.2 cm³/mol. The van der Waals surface area contributed by atoms with Crippen molar-refractivity contribution >= 4 is 33.8 Å². The molecule has 5 nitrogen and oxygen atoms in total. The van der Waals surface area contributed by atoms with Crippen LogP contribution < -0.4 is 10.9 Å². The van der Waals surface area contributed by atoms with Crippen LogP contribution in [-0.2, 0) is 0 Å². The molecule has 2 N–H and O–H groups in total. The summed E-state index contributed by atoms with van der Waals surface area (Å²) in [5, 5.41) is 12.5. The summed E-state index contributed by atoms with van der Waals surface area (Å²) < 4.78 is 2.48. The van der Waals surface area contributed by atoms with Gasteiger partial charge in [0.15, 0.2) is 5.56 Å². The number of nitrogens with one attached hydrogen (secondary N) is 2. The summed E-state index contributed by atoms with van der Waals surface area (Å²) in [5.74, 6) is 0. The minimum absolute atomic E-state index is 0.0675. The zero-order valence-corrected chi connectivity index (χ0v) is 9.39. The van der Waals surface area contributed by atoms with Gasteiger partial charge in [0.1, 0.15) is 16.2 Å². The highest BCUT2D eigenvalue weighted by Gasteiger charge is 2.09. The summed E-state index contributed by atoms with van der Waals surface area (Å²) in [6.45, 7) is 0. The molecule has 80 valence electrons. The number of nitrogens with zero attached hydrogens (tertiary/aromatic N) is 2. The molecule has 0 bridgehead atoms. The van der Waals surface area contributed by atoms with E-state index in [0.29, 0.717) is 15.8 Å². The van der Waals surface area contributed by atoms with Crippen LogP contribution in [0.4, 0.5) is 10.7 Å². The second kappa shape index (κ2) is 4.35. The Morgan fingerprint density at radius 3 is 3.12 bits per heavy atom. The fourth-order valence-corrected chi connectivity index (χ4v) is 1.98. The molecule has 0 aliphatic carbocycles. The molecule has 2 aromatic heterocycles. The predicted octanol–water partition coefficient (Wildman–Crippen LogP) is 2.10. The topological polar surface area (TPSA) is 81.6 Å². The first-order chi connectivity index (χ1) is 7.70. The van der Waals surface area contributed by atoms with Gasteiger partial charge in [-0.05, 0) is 23.7 Å². The molecule has 0 radical (unpaired) electrons. The first-order valence-electron chi connectivity index (χ1n) is 4.21. The zero-order chi connectivity index (χ0) is 11.5. The van der Waals surface area contributed by atoms with Gasteiger partial charge in [0, 0.05) is 11.9 Å². The normalized spacial score (nSPS) is 9.75. The summed E-state index contributed by atoms with van der Waals surface area (Å²) in [4.78, 5) is 15.0. The van der Waals surface area contributed by atoms with Gasteiger partial charge in [0.25, 0.3) is 5.56 Å². The van der Waals surface area contributed by atoms with E-state index in [1.54, 1.807) is 12.1 Å². The summed E-state index contributed by atoms with van der Waals surface area (Å²) in [6, 6.07) is 5.13. The number of nitriles is 1. The van der Waals surface area contributed by atoms with Crippen LogP contribution in [0, 0.1) is 11.3 Å². The molecule has 0 aliphatic heterocycles. The van der Waals surface area contributed by atoms with Gasteiger partial charge in [0.05, 0.1) is 0 Å². The quantitative estimate of drug-likeness (QED) is 0.802. The summed E-state index contributed by atoms with van der Waals surface area (Å²) >= 11 is 6.77. The molecular formula is C9H5ClN4OS. The minimum Gasteiger partial charge on any atom is -0.345 e. The number of aromatic nitrogens is 2. The lowest BCUT2D eigenvalue weighted by Gasteiger charge is -2.02. The fourth-order valence-electron chi connectivity index (χ4n) is 1.10. The number of hydrogen-bond acceptors (Lipinski definition) is 5. The first kappa shape index (κ1) is 10.7. The van der Waals surface area contributed by atoms with Crippen molar-refractivity contribution in [1.29, 1.82) is 5.26 Å². The van der Waals surface area contributed by atoms with Crippen molar-refractivity contribution < 1.29 is 0 Å². The third-order valence-electron chi connectivity index (χ3n) is 1.80. The highest BCUT2D eigenvalue weighted by molar-refractivity contribution is 7.10. The molecule has 16 heavy (non-hydrogen) atoms. The smallest absolute Gasteiger partial charge is 0.278 e. The van der Waals surface area contributed by atoms with Crippen molar-refractivity contribution in [2.24, 2.45) is 0 Å². The number of anilines is 2. The fraction of sp³-hybridized carbons (Fsp3) is 0. The first-order valence-corrected chi connectivity index (χ1v) is 5.40. The SMILES string of the molecule is N#Cc1c(Nc2ccnc(Cl)c2)s[nH]c1=O. The standard InChI is InChI=1S/C9H5ClN4OS/c10-7-3-5(1-2-12-7)13-9-6(4-11)8(15)14-16-9/h1-3H,(H,12,13)(H,14,15). The lowest BCUT2D eigenvalue weighted by Crippen LogP contribution is -2.02. The van der Waals surface area contributed by atoms with Crippen molar-refractivity contribution in [3.8, 4) is 6.07 Å². The lowest BCUT2D eigenvalue weighted by molar-refractivity contribution is 1.32. The number of hydrogen-bond donors (Lipinski definition) is 2. The maximum Gasteiger partial charge on any atom is 0.278 e. The molecule has 0 amide bonds. The van der Waals surface area contributed by atoms with Gasteiger partial charge < -0.3 is 5.32 Å². The Kier molecular flexibility index (Phi) is 2.90. The largest absolute Gasteiger partial charge is 0.345 e. The van der Waals surface area contributed by atoms with Crippen LogP contribution in [0.2, 0.25) is 5.15 Å². The van der Waals surface area contributed by atoms with E-state index in [9.17, 15) is 4.79 Å². The van der Waals surface area contributed by atoms with Crippen molar-refractivity contribution in [3.05, 3.63) is 39.4 Å². The third kappa shape index (κ3) is 2.05. The van der Waals surface area contributed by atoms with E-state index in [-0.39, 0.29) is 5.56 Å². The van der Waals surface area contributed by atoms with Crippen molar-refractivity contribution in [1.82, 2.24) is 9.36 Å². The van der Waals surface area contributed by atoms with Gasteiger partial charge in [-0.3, -0.25) is 9.17 Å². The molecule has 0 unspecified atom stereocenters. The maximum absolute atomic E-state index is 11.2.